The van der Waals surface area contributed by atoms with Crippen molar-refractivity contribution in [2.75, 3.05) is 19.8 Å². The highest BCUT2D eigenvalue weighted by Crippen LogP contribution is 2.18. The van der Waals surface area contributed by atoms with Gasteiger partial charge in [-0.15, -0.1) is 0 Å². The summed E-state index contributed by atoms with van der Waals surface area (Å²) in [4.78, 5) is 11.9. The Balaban J connectivity index is 2.41. The number of carbonyl (C=O) groups excluding carboxylic acids is 1. The molecular weight excluding hydrogens is 190 g/mol. The molecule has 0 aromatic carbocycles. The summed E-state index contributed by atoms with van der Waals surface area (Å²) in [6.07, 6.45) is 1.78. The van der Waals surface area contributed by atoms with E-state index in [1.807, 2.05) is 0 Å². The van der Waals surface area contributed by atoms with Crippen LogP contribution in [0.2, 0.25) is 0 Å². The first kappa shape index (κ1) is 12.7. The number of ether oxygens (including phenoxy) is 1. The van der Waals surface area contributed by atoms with E-state index in [9.17, 15) is 4.79 Å². The van der Waals surface area contributed by atoms with Gasteiger partial charge in [-0.2, -0.15) is 0 Å². The van der Waals surface area contributed by atoms with Crippen LogP contribution in [0.1, 0.15) is 33.6 Å². The fraction of sp³-hybridized carbons (Fsp3) is 0.917. The minimum atomic E-state index is 0.0824. The van der Waals surface area contributed by atoms with Gasteiger partial charge in [-0.25, -0.2) is 0 Å². The summed E-state index contributed by atoms with van der Waals surface area (Å²) in [6, 6.07) is 0.246. The van der Waals surface area contributed by atoms with Crippen molar-refractivity contribution in [3.63, 3.8) is 0 Å². The van der Waals surface area contributed by atoms with Crippen LogP contribution in [0.25, 0.3) is 0 Å². The van der Waals surface area contributed by atoms with Crippen LogP contribution in [-0.4, -0.2) is 31.6 Å². The van der Waals surface area contributed by atoms with Crippen molar-refractivity contribution in [3.8, 4) is 0 Å². The molecule has 1 fully saturated rings. The molecule has 1 heterocycles. The summed E-state index contributed by atoms with van der Waals surface area (Å²) in [5, 5.41) is 3.39. The predicted octanol–water partition coefficient (Wildman–Crippen LogP) is 1.62. The number of hydrogen-bond donors (Lipinski definition) is 1. The summed E-state index contributed by atoms with van der Waals surface area (Å²) in [7, 11) is 0. The number of nitrogens with one attached hydrogen (secondary N) is 1. The normalized spacial score (nSPS) is 26.1. The number of carbonyl (C=O) groups is 1. The maximum absolute atomic E-state index is 11.9. The Kier molecular flexibility index (Phi) is 5.26. The Hall–Kier alpha value is -0.410. The highest BCUT2D eigenvalue weighted by Gasteiger charge is 2.33. The highest BCUT2D eigenvalue weighted by molar-refractivity contribution is 5.82. The van der Waals surface area contributed by atoms with Gasteiger partial charge in [-0.1, -0.05) is 20.8 Å². The van der Waals surface area contributed by atoms with Crippen LogP contribution >= 0.6 is 0 Å². The largest absolute Gasteiger partial charge is 0.379 e. The van der Waals surface area contributed by atoms with Crippen LogP contribution in [-0.2, 0) is 9.53 Å². The Morgan fingerprint density at radius 3 is 2.80 bits per heavy atom. The van der Waals surface area contributed by atoms with E-state index in [2.05, 4.69) is 26.1 Å². The fourth-order valence-electron chi connectivity index (χ4n) is 1.96. The molecule has 3 heteroatoms. The molecule has 1 aliphatic heterocycles. The maximum Gasteiger partial charge on any atom is 0.140 e. The molecule has 1 rings (SSSR count). The molecule has 0 amide bonds. The maximum atomic E-state index is 11.9. The van der Waals surface area contributed by atoms with E-state index >= 15 is 0 Å². The van der Waals surface area contributed by atoms with Gasteiger partial charge in [0.05, 0.1) is 19.1 Å². The quantitative estimate of drug-likeness (QED) is 0.728. The molecule has 0 aliphatic carbocycles. The van der Waals surface area contributed by atoms with Gasteiger partial charge >= 0.3 is 0 Å². The summed E-state index contributed by atoms with van der Waals surface area (Å²) in [5.41, 5.74) is 0. The lowest BCUT2D eigenvalue weighted by molar-refractivity contribution is -0.124. The molecule has 0 spiro atoms. The lowest BCUT2D eigenvalue weighted by Crippen LogP contribution is -2.39. The molecule has 2 atom stereocenters. The molecule has 0 aromatic rings. The number of rotatable bonds is 6. The third kappa shape index (κ3) is 3.92. The van der Waals surface area contributed by atoms with Gasteiger partial charge in [-0.3, -0.25) is 4.79 Å². The third-order valence-corrected chi connectivity index (χ3v) is 2.76. The van der Waals surface area contributed by atoms with Gasteiger partial charge in [-0.05, 0) is 18.9 Å². The zero-order valence-corrected chi connectivity index (χ0v) is 10.1. The zero-order chi connectivity index (χ0) is 11.3. The van der Waals surface area contributed by atoms with Gasteiger partial charge in [0.25, 0.3) is 0 Å². The van der Waals surface area contributed by atoms with Crippen molar-refractivity contribution in [1.29, 1.82) is 0 Å². The number of Topliss-reactive ketones (excluding diaryl/α,β-unsaturated/α-hetero) is 1. The predicted molar refractivity (Wildman–Crippen MR) is 60.9 cm³/mol. The van der Waals surface area contributed by atoms with Crippen molar-refractivity contribution < 1.29 is 9.53 Å². The average Bonchev–Trinajstić information content (AvgIpc) is 2.61. The van der Waals surface area contributed by atoms with Crippen LogP contribution in [0.15, 0.2) is 0 Å². The first-order chi connectivity index (χ1) is 7.15. The summed E-state index contributed by atoms with van der Waals surface area (Å²) in [5.74, 6) is 0.889. The second kappa shape index (κ2) is 6.23. The standard InChI is InChI=1S/C12H23NO2/c1-4-5-13-11-8-15-7-10(11)12(14)6-9(2)3/h9-11,13H,4-8H2,1-3H3. The second-order valence-electron chi connectivity index (χ2n) is 4.77. The highest BCUT2D eigenvalue weighted by atomic mass is 16.5. The van der Waals surface area contributed by atoms with Crippen LogP contribution in [0.5, 0.6) is 0 Å². The summed E-state index contributed by atoms with van der Waals surface area (Å²) < 4.78 is 5.39. The van der Waals surface area contributed by atoms with Crippen LogP contribution in [0.4, 0.5) is 0 Å². The zero-order valence-electron chi connectivity index (χ0n) is 10.1. The van der Waals surface area contributed by atoms with E-state index in [-0.39, 0.29) is 12.0 Å². The van der Waals surface area contributed by atoms with Crippen molar-refractivity contribution in [1.82, 2.24) is 5.32 Å². The molecular formula is C12H23NO2. The fourth-order valence-corrected chi connectivity index (χ4v) is 1.96. The van der Waals surface area contributed by atoms with Crippen LogP contribution < -0.4 is 5.32 Å². The molecule has 1 saturated heterocycles. The van der Waals surface area contributed by atoms with Gasteiger partial charge in [0.2, 0.25) is 0 Å². The van der Waals surface area contributed by atoms with Gasteiger partial charge in [0.15, 0.2) is 0 Å². The van der Waals surface area contributed by atoms with Gasteiger partial charge < -0.3 is 10.1 Å². The van der Waals surface area contributed by atoms with E-state index in [1.54, 1.807) is 0 Å². The molecule has 3 nitrogen and oxygen atoms in total. The molecule has 0 aromatic heterocycles. The van der Waals surface area contributed by atoms with E-state index in [4.69, 9.17) is 4.74 Å². The second-order valence-corrected chi connectivity index (χ2v) is 4.77. The lowest BCUT2D eigenvalue weighted by atomic mass is 9.92. The SMILES string of the molecule is CCCNC1COCC1C(=O)CC(C)C. The van der Waals surface area contributed by atoms with E-state index in [1.165, 1.54) is 0 Å². The molecule has 1 N–H and O–H groups in total. The topological polar surface area (TPSA) is 38.3 Å². The lowest BCUT2D eigenvalue weighted by Gasteiger charge is -2.18. The molecule has 0 bridgehead atoms. The van der Waals surface area contributed by atoms with Crippen molar-refractivity contribution >= 4 is 5.78 Å². The van der Waals surface area contributed by atoms with Crippen molar-refractivity contribution in [2.45, 2.75) is 39.7 Å². The molecule has 15 heavy (non-hydrogen) atoms. The molecule has 2 unspecified atom stereocenters. The minimum Gasteiger partial charge on any atom is -0.379 e. The summed E-state index contributed by atoms with van der Waals surface area (Å²) in [6.45, 7) is 8.57. The molecule has 1 aliphatic rings. The van der Waals surface area contributed by atoms with Gasteiger partial charge in [0, 0.05) is 12.5 Å². The Bertz CT molecular complexity index is 204. The first-order valence-electron chi connectivity index (χ1n) is 5.99. The number of ketones is 1. The van der Waals surface area contributed by atoms with Crippen LogP contribution in [0, 0.1) is 11.8 Å². The monoisotopic (exact) mass is 213 g/mol. The van der Waals surface area contributed by atoms with E-state index < -0.39 is 0 Å². The Morgan fingerprint density at radius 2 is 2.20 bits per heavy atom. The average molecular weight is 213 g/mol. The van der Waals surface area contributed by atoms with Gasteiger partial charge in [0.1, 0.15) is 5.78 Å². The van der Waals surface area contributed by atoms with Crippen molar-refractivity contribution in [2.24, 2.45) is 11.8 Å². The third-order valence-electron chi connectivity index (χ3n) is 2.76. The summed E-state index contributed by atoms with van der Waals surface area (Å²) >= 11 is 0. The number of hydrogen-bond acceptors (Lipinski definition) is 3. The molecule has 0 saturated carbocycles. The van der Waals surface area contributed by atoms with Crippen molar-refractivity contribution in [3.05, 3.63) is 0 Å². The van der Waals surface area contributed by atoms with E-state index in [0.717, 1.165) is 13.0 Å². The molecule has 88 valence electrons. The smallest absolute Gasteiger partial charge is 0.140 e. The Labute approximate surface area is 92.6 Å². The van der Waals surface area contributed by atoms with Crippen LogP contribution in [0.3, 0.4) is 0 Å². The molecule has 0 radical (unpaired) electrons. The Morgan fingerprint density at radius 1 is 1.47 bits per heavy atom. The first-order valence-corrected chi connectivity index (χ1v) is 5.99. The van der Waals surface area contributed by atoms with E-state index in [0.29, 0.717) is 31.3 Å². The minimum absolute atomic E-state index is 0.0824.